The van der Waals surface area contributed by atoms with Crippen LogP contribution in [0.4, 0.5) is 0 Å². The van der Waals surface area contributed by atoms with Crippen molar-refractivity contribution in [3.8, 4) is 11.5 Å². The zero-order valence-corrected chi connectivity index (χ0v) is 31.7. The Morgan fingerprint density at radius 1 is 0.812 bits per heavy atom. The smallest absolute Gasteiger partial charge is 0.491 e. The lowest BCUT2D eigenvalue weighted by Crippen LogP contribution is -2.36. The molecule has 268 valence electrons. The molecule has 0 bridgehead atoms. The highest BCUT2D eigenvalue weighted by Gasteiger charge is 2.26. The normalized spacial score (nSPS) is 13.5. The third kappa shape index (κ3) is 16.9. The first-order valence-corrected chi connectivity index (χ1v) is 20.7. The topological polar surface area (TPSA) is 78.1 Å². The van der Waals surface area contributed by atoms with Crippen LogP contribution in [0.1, 0.15) is 121 Å². The van der Waals surface area contributed by atoms with Gasteiger partial charge in [0.15, 0.2) is 12.7 Å². The lowest BCUT2D eigenvalue weighted by atomic mass is 10.0. The predicted octanol–water partition coefficient (Wildman–Crippen LogP) is 10.5. The van der Waals surface area contributed by atoms with E-state index in [4.69, 9.17) is 18.5 Å². The van der Waals surface area contributed by atoms with Crippen molar-refractivity contribution in [1.29, 1.82) is 0 Å². The number of hydrogen-bond acceptors (Lipinski definition) is 6. The van der Waals surface area contributed by atoms with Gasteiger partial charge in [-0.1, -0.05) is 127 Å². The second-order valence-corrected chi connectivity index (χ2v) is 15.6. The first-order chi connectivity index (χ1) is 23.3. The molecule has 0 spiro atoms. The summed E-state index contributed by atoms with van der Waals surface area (Å²) in [7, 11) is -4.39. The Morgan fingerprint density at radius 2 is 1.44 bits per heavy atom. The molecule has 0 saturated carbocycles. The molecule has 0 fully saturated rings. The molecule has 0 saturated heterocycles. The van der Waals surface area contributed by atoms with Crippen LogP contribution in [0.3, 0.4) is 0 Å². The van der Waals surface area contributed by atoms with Crippen molar-refractivity contribution in [3.05, 3.63) is 76.2 Å². The maximum atomic E-state index is 12.9. The third-order valence-electron chi connectivity index (χ3n) is 8.30. The fraction of sp³-hybridized carbons (Fsp3) is 0.615. The zero-order valence-electron chi connectivity index (χ0n) is 29.9. The number of phosphoric acid groups is 1. The van der Waals surface area contributed by atoms with Crippen molar-refractivity contribution >= 4 is 19.2 Å². The number of nitrogens with zero attached hydrogens (tertiary/aromatic N) is 1. The van der Waals surface area contributed by atoms with Crippen LogP contribution < -0.4 is 13.8 Å². The number of unbranched alkanes of at least 4 members (excludes halogenated alkanes) is 11. The number of benzene rings is 2. The van der Waals surface area contributed by atoms with E-state index >= 15 is 0 Å². The summed E-state index contributed by atoms with van der Waals surface area (Å²) in [5.74, 6) is 1.61. The molecular weight excluding hydrogens is 641 g/mol. The van der Waals surface area contributed by atoms with Gasteiger partial charge in [-0.3, -0.25) is 9.42 Å². The van der Waals surface area contributed by atoms with Gasteiger partial charge in [0.1, 0.15) is 24.2 Å². The third-order valence-corrected chi connectivity index (χ3v) is 10.1. The molecule has 2 unspecified atom stereocenters. The van der Waals surface area contributed by atoms with Crippen molar-refractivity contribution in [2.75, 3.05) is 19.8 Å². The SMILES string of the molecule is CCCCCCCCCCCCCCc1cccc(OCC(COP(=O)(O)Oc2cccc(C[n+]3ccsc3CC(C)C)c2)OCC)c1. The maximum Gasteiger partial charge on any atom is 0.527 e. The Balaban J connectivity index is 1.38. The summed E-state index contributed by atoms with van der Waals surface area (Å²) < 4.78 is 37.7. The lowest BCUT2D eigenvalue weighted by molar-refractivity contribution is -0.690. The van der Waals surface area contributed by atoms with Crippen LogP contribution >= 0.6 is 19.2 Å². The minimum absolute atomic E-state index is 0.136. The van der Waals surface area contributed by atoms with Crippen molar-refractivity contribution in [2.24, 2.45) is 5.92 Å². The summed E-state index contributed by atoms with van der Waals surface area (Å²) in [5.41, 5.74) is 2.23. The molecule has 0 aliphatic carbocycles. The monoisotopic (exact) mass is 702 g/mol. The van der Waals surface area contributed by atoms with Gasteiger partial charge in [-0.05, 0) is 55.5 Å². The van der Waals surface area contributed by atoms with Gasteiger partial charge in [-0.2, -0.15) is 4.57 Å². The minimum Gasteiger partial charge on any atom is -0.491 e. The summed E-state index contributed by atoms with van der Waals surface area (Å²) >= 11 is 1.74. The van der Waals surface area contributed by atoms with Crippen LogP contribution in [0.15, 0.2) is 60.1 Å². The van der Waals surface area contributed by atoms with Crippen molar-refractivity contribution in [1.82, 2.24) is 0 Å². The molecule has 48 heavy (non-hydrogen) atoms. The molecule has 7 nitrogen and oxygen atoms in total. The van der Waals surface area contributed by atoms with Gasteiger partial charge in [0.05, 0.1) is 12.0 Å². The van der Waals surface area contributed by atoms with Gasteiger partial charge in [-0.25, -0.2) is 4.57 Å². The first-order valence-electron chi connectivity index (χ1n) is 18.3. The summed E-state index contributed by atoms with van der Waals surface area (Å²) in [6.07, 6.45) is 19.7. The van der Waals surface area contributed by atoms with Gasteiger partial charge >= 0.3 is 7.82 Å². The number of phosphoric ester groups is 1. The van der Waals surface area contributed by atoms with Gasteiger partial charge in [-0.15, -0.1) is 0 Å². The molecule has 2 atom stereocenters. The number of thiazole rings is 1. The lowest BCUT2D eigenvalue weighted by Gasteiger charge is -2.20. The predicted molar refractivity (Wildman–Crippen MR) is 197 cm³/mol. The Hall–Kier alpha value is -2.22. The second kappa shape index (κ2) is 23.2. The average molecular weight is 703 g/mol. The number of hydrogen-bond donors (Lipinski definition) is 1. The van der Waals surface area contributed by atoms with E-state index in [2.05, 4.69) is 49.0 Å². The van der Waals surface area contributed by atoms with Crippen molar-refractivity contribution in [2.45, 2.75) is 130 Å². The van der Waals surface area contributed by atoms with E-state index in [-0.39, 0.29) is 19.0 Å². The highest BCUT2D eigenvalue weighted by atomic mass is 32.1. The largest absolute Gasteiger partial charge is 0.527 e. The van der Waals surface area contributed by atoms with E-state index < -0.39 is 13.9 Å². The van der Waals surface area contributed by atoms with Crippen molar-refractivity contribution < 1.29 is 32.5 Å². The fourth-order valence-electron chi connectivity index (χ4n) is 5.75. The van der Waals surface area contributed by atoms with Crippen LogP contribution in [0.25, 0.3) is 0 Å². The Kier molecular flexibility index (Phi) is 19.5. The highest BCUT2D eigenvalue weighted by Crippen LogP contribution is 2.44. The first kappa shape index (κ1) is 40.2. The minimum atomic E-state index is -4.39. The maximum absolute atomic E-state index is 12.9. The number of rotatable bonds is 27. The second-order valence-electron chi connectivity index (χ2n) is 13.2. The molecule has 3 aromatic rings. The molecular formula is C39H61NO6PS+. The van der Waals surface area contributed by atoms with Crippen LogP contribution in [0, 0.1) is 5.92 Å². The fourth-order valence-corrected chi connectivity index (χ4v) is 7.60. The molecule has 0 amide bonds. The quantitative estimate of drug-likeness (QED) is 0.0484. The molecule has 0 radical (unpaired) electrons. The van der Waals surface area contributed by atoms with Crippen LogP contribution in [-0.2, 0) is 33.2 Å². The van der Waals surface area contributed by atoms with E-state index in [1.807, 2.05) is 31.2 Å². The van der Waals surface area contributed by atoms with Crippen molar-refractivity contribution in [3.63, 3.8) is 0 Å². The Bertz CT molecular complexity index is 1330. The number of aryl methyl sites for hydroxylation is 1. The van der Waals surface area contributed by atoms with E-state index in [1.54, 1.807) is 23.5 Å². The Morgan fingerprint density at radius 3 is 2.10 bits per heavy atom. The molecule has 0 aliphatic rings. The van der Waals surface area contributed by atoms with Gasteiger partial charge in [0, 0.05) is 18.6 Å². The molecule has 2 aromatic carbocycles. The number of aromatic nitrogens is 1. The molecule has 3 rings (SSSR count). The zero-order chi connectivity index (χ0) is 34.5. The van der Waals surface area contributed by atoms with E-state index in [0.29, 0.717) is 19.1 Å². The molecule has 1 heterocycles. The molecule has 1 N–H and O–H groups in total. The Labute approximate surface area is 294 Å². The van der Waals surface area contributed by atoms with Gasteiger partial charge < -0.3 is 14.0 Å². The summed E-state index contributed by atoms with van der Waals surface area (Å²) in [6.45, 7) is 9.70. The van der Waals surface area contributed by atoms with Crippen LogP contribution in [-0.4, -0.2) is 30.8 Å². The number of ether oxygens (including phenoxy) is 2. The average Bonchev–Trinajstić information content (AvgIpc) is 3.48. The van der Waals surface area contributed by atoms with Crippen LogP contribution in [0.5, 0.6) is 11.5 Å². The summed E-state index contributed by atoms with van der Waals surface area (Å²) in [5, 5.41) is 3.38. The molecule has 0 aliphatic heterocycles. The van der Waals surface area contributed by atoms with E-state index in [9.17, 15) is 9.46 Å². The van der Waals surface area contributed by atoms with E-state index in [1.165, 1.54) is 87.6 Å². The van der Waals surface area contributed by atoms with Gasteiger partial charge in [0.25, 0.3) is 0 Å². The van der Waals surface area contributed by atoms with Gasteiger partial charge in [0.2, 0.25) is 5.01 Å². The molecule has 9 heteroatoms. The van der Waals surface area contributed by atoms with Crippen LogP contribution in [0.2, 0.25) is 0 Å². The standard InChI is InChI=1S/C39H60NO6PS/c1-5-7-8-9-10-11-12-13-14-15-16-17-20-34-21-18-23-36(28-34)44-31-38(43-6-2)32-45-47(41,42)46-37-24-19-22-35(29-37)30-40-25-26-48-39(40)27-33(3)4/h18-19,21-26,28-29,33,38H,5-17,20,27,30-32H2,1-4H3/p+1. The van der Waals surface area contributed by atoms with E-state index in [0.717, 1.165) is 24.2 Å². The summed E-state index contributed by atoms with van der Waals surface area (Å²) in [6, 6.07) is 15.4. The molecule has 1 aromatic heterocycles. The highest BCUT2D eigenvalue weighted by molar-refractivity contribution is 7.47. The summed E-state index contributed by atoms with van der Waals surface area (Å²) in [4.78, 5) is 10.5.